The van der Waals surface area contributed by atoms with Crippen LogP contribution in [0, 0.1) is 0 Å². The van der Waals surface area contributed by atoms with Crippen molar-refractivity contribution in [2.24, 2.45) is 0 Å². The Hall–Kier alpha value is -2.49. The smallest absolute Gasteiger partial charge is 0.237 e. The zero-order valence-electron chi connectivity index (χ0n) is 10.7. The Balaban J connectivity index is 1.84. The molecule has 0 bridgehead atoms. The van der Waals surface area contributed by atoms with Crippen molar-refractivity contribution in [2.45, 2.75) is 6.54 Å². The summed E-state index contributed by atoms with van der Waals surface area (Å²) < 4.78 is 5.23. The fourth-order valence-electron chi connectivity index (χ4n) is 2.18. The third kappa shape index (κ3) is 2.25. The summed E-state index contributed by atoms with van der Waals surface area (Å²) in [6.45, 7) is 0.733. The molecule has 1 aromatic carbocycles. The largest absolute Gasteiger partial charge is 0.480 e. The maximum absolute atomic E-state index is 5.23. The Labute approximate surface area is 111 Å². The van der Waals surface area contributed by atoms with Crippen LogP contribution < -0.4 is 10.1 Å². The summed E-state index contributed by atoms with van der Waals surface area (Å²) in [6.07, 6.45) is 3.68. The molecule has 0 saturated carbocycles. The topological polar surface area (TPSA) is 49.9 Å². The van der Waals surface area contributed by atoms with Crippen LogP contribution in [0.2, 0.25) is 0 Å². The van der Waals surface area contributed by atoms with Crippen molar-refractivity contribution in [3.05, 3.63) is 54.4 Å². The number of fused-ring (bicyclic) bond motifs is 1. The summed E-state index contributed by atoms with van der Waals surface area (Å²) >= 11 is 0. The third-order valence-electron chi connectivity index (χ3n) is 3.12. The number of benzene rings is 1. The Bertz CT molecular complexity index is 690. The quantitative estimate of drug-likeness (QED) is 0.750. The van der Waals surface area contributed by atoms with Gasteiger partial charge in [-0.25, -0.2) is 4.98 Å². The van der Waals surface area contributed by atoms with Gasteiger partial charge in [0.1, 0.15) is 0 Å². The van der Waals surface area contributed by atoms with Crippen LogP contribution in [0.25, 0.3) is 10.9 Å². The van der Waals surface area contributed by atoms with E-state index in [1.807, 2.05) is 18.3 Å². The van der Waals surface area contributed by atoms with Crippen LogP contribution in [0.1, 0.15) is 5.56 Å². The first-order valence-electron chi connectivity index (χ1n) is 6.16. The fraction of sp³-hybridized carbons (Fsp3) is 0.133. The summed E-state index contributed by atoms with van der Waals surface area (Å²) in [6, 6.07) is 12.2. The number of hydrogen-bond acceptors (Lipinski definition) is 3. The van der Waals surface area contributed by atoms with Gasteiger partial charge in [-0.15, -0.1) is 0 Å². The molecule has 3 rings (SSSR count). The van der Waals surface area contributed by atoms with Crippen LogP contribution >= 0.6 is 0 Å². The lowest BCUT2D eigenvalue weighted by Crippen LogP contribution is -2.02. The molecule has 0 spiro atoms. The number of aromatic nitrogens is 2. The van der Waals surface area contributed by atoms with E-state index in [4.69, 9.17) is 4.74 Å². The van der Waals surface area contributed by atoms with Gasteiger partial charge in [0.05, 0.1) is 12.8 Å². The number of pyridine rings is 1. The normalized spacial score (nSPS) is 10.6. The van der Waals surface area contributed by atoms with Crippen LogP contribution in [0.4, 0.5) is 5.69 Å². The van der Waals surface area contributed by atoms with E-state index in [9.17, 15) is 0 Å². The number of hydrogen-bond donors (Lipinski definition) is 2. The van der Waals surface area contributed by atoms with Gasteiger partial charge >= 0.3 is 0 Å². The molecular weight excluding hydrogens is 238 g/mol. The molecule has 0 aliphatic rings. The molecule has 0 fully saturated rings. The van der Waals surface area contributed by atoms with E-state index in [2.05, 4.69) is 39.6 Å². The second kappa shape index (κ2) is 5.02. The molecule has 4 heteroatoms. The fourth-order valence-corrected chi connectivity index (χ4v) is 2.18. The number of nitrogens with one attached hydrogen (secondary N) is 2. The monoisotopic (exact) mass is 253 g/mol. The molecule has 4 nitrogen and oxygen atoms in total. The van der Waals surface area contributed by atoms with Crippen molar-refractivity contribution in [3.8, 4) is 5.88 Å². The van der Waals surface area contributed by atoms with Crippen LogP contribution in [-0.4, -0.2) is 17.1 Å². The van der Waals surface area contributed by atoms with E-state index in [1.54, 1.807) is 13.3 Å². The average Bonchev–Trinajstić information content (AvgIpc) is 2.94. The Kier molecular flexibility index (Phi) is 3.06. The molecule has 0 aliphatic heterocycles. The van der Waals surface area contributed by atoms with Crippen LogP contribution in [0.15, 0.2) is 48.8 Å². The highest BCUT2D eigenvalue weighted by atomic mass is 16.5. The molecule has 3 aromatic rings. The maximum atomic E-state index is 5.23. The van der Waals surface area contributed by atoms with Gasteiger partial charge in [-0.1, -0.05) is 12.1 Å². The molecular formula is C15H15N3O. The van der Waals surface area contributed by atoms with Crippen molar-refractivity contribution in [1.82, 2.24) is 9.97 Å². The summed E-state index contributed by atoms with van der Waals surface area (Å²) in [4.78, 5) is 7.39. The van der Waals surface area contributed by atoms with Gasteiger partial charge in [0, 0.05) is 29.8 Å². The Morgan fingerprint density at radius 2 is 2.16 bits per heavy atom. The van der Waals surface area contributed by atoms with E-state index < -0.39 is 0 Å². The molecule has 0 amide bonds. The van der Waals surface area contributed by atoms with Gasteiger partial charge < -0.3 is 15.0 Å². The molecule has 0 saturated heterocycles. The standard InChI is InChI=1S/C15H15N3O/c1-19-15-14(6-3-8-17-15)18-10-11-4-2-5-13-12(11)7-9-16-13/h2-9,16,18H,10H2,1H3. The number of aromatic amines is 1. The van der Waals surface area contributed by atoms with Crippen LogP contribution in [-0.2, 0) is 6.54 Å². The second-order valence-corrected chi connectivity index (χ2v) is 4.27. The number of methoxy groups -OCH3 is 1. The van der Waals surface area contributed by atoms with Crippen LogP contribution in [0.3, 0.4) is 0 Å². The molecule has 0 aliphatic carbocycles. The predicted octanol–water partition coefficient (Wildman–Crippen LogP) is 3.18. The van der Waals surface area contributed by atoms with E-state index in [-0.39, 0.29) is 0 Å². The lowest BCUT2D eigenvalue weighted by molar-refractivity contribution is 0.399. The lowest BCUT2D eigenvalue weighted by atomic mass is 10.1. The van der Waals surface area contributed by atoms with E-state index in [1.165, 1.54) is 10.9 Å². The lowest BCUT2D eigenvalue weighted by Gasteiger charge is -2.10. The number of H-pyrrole nitrogens is 1. The third-order valence-corrected chi connectivity index (χ3v) is 3.12. The number of nitrogens with zero attached hydrogens (tertiary/aromatic N) is 1. The Morgan fingerprint density at radius 3 is 3.05 bits per heavy atom. The number of anilines is 1. The van der Waals surface area contributed by atoms with Crippen molar-refractivity contribution in [2.75, 3.05) is 12.4 Å². The van der Waals surface area contributed by atoms with E-state index in [0.29, 0.717) is 5.88 Å². The first-order chi connectivity index (χ1) is 9.38. The van der Waals surface area contributed by atoms with Crippen molar-refractivity contribution < 1.29 is 4.74 Å². The Morgan fingerprint density at radius 1 is 1.21 bits per heavy atom. The molecule has 2 N–H and O–H groups in total. The highest BCUT2D eigenvalue weighted by molar-refractivity contribution is 5.83. The molecule has 2 aromatic heterocycles. The molecule has 19 heavy (non-hydrogen) atoms. The summed E-state index contributed by atoms with van der Waals surface area (Å²) in [7, 11) is 1.63. The van der Waals surface area contributed by atoms with Gasteiger partial charge in [-0.3, -0.25) is 0 Å². The first kappa shape index (κ1) is 11.6. The molecule has 0 radical (unpaired) electrons. The van der Waals surface area contributed by atoms with Crippen molar-refractivity contribution in [1.29, 1.82) is 0 Å². The van der Waals surface area contributed by atoms with Gasteiger partial charge in [0.15, 0.2) is 0 Å². The van der Waals surface area contributed by atoms with Crippen molar-refractivity contribution >= 4 is 16.6 Å². The maximum Gasteiger partial charge on any atom is 0.237 e. The van der Waals surface area contributed by atoms with E-state index in [0.717, 1.165) is 17.7 Å². The molecule has 0 unspecified atom stereocenters. The minimum absolute atomic E-state index is 0.615. The van der Waals surface area contributed by atoms with Crippen molar-refractivity contribution in [3.63, 3.8) is 0 Å². The molecule has 96 valence electrons. The van der Waals surface area contributed by atoms with Gasteiger partial charge in [0.25, 0.3) is 0 Å². The molecule has 2 heterocycles. The minimum Gasteiger partial charge on any atom is -0.480 e. The van der Waals surface area contributed by atoms with Gasteiger partial charge in [-0.05, 0) is 29.8 Å². The summed E-state index contributed by atoms with van der Waals surface area (Å²) in [5, 5.41) is 4.60. The number of ether oxygens (including phenoxy) is 1. The van der Waals surface area contributed by atoms with E-state index >= 15 is 0 Å². The predicted molar refractivity (Wildman–Crippen MR) is 76.4 cm³/mol. The average molecular weight is 253 g/mol. The highest BCUT2D eigenvalue weighted by Gasteiger charge is 2.05. The minimum atomic E-state index is 0.615. The van der Waals surface area contributed by atoms with Gasteiger partial charge in [0.2, 0.25) is 5.88 Å². The number of rotatable bonds is 4. The second-order valence-electron chi connectivity index (χ2n) is 4.27. The van der Waals surface area contributed by atoms with Gasteiger partial charge in [-0.2, -0.15) is 0 Å². The highest BCUT2D eigenvalue weighted by Crippen LogP contribution is 2.23. The van der Waals surface area contributed by atoms with Crippen LogP contribution in [0.5, 0.6) is 5.88 Å². The zero-order chi connectivity index (χ0) is 13.1. The summed E-state index contributed by atoms with van der Waals surface area (Å²) in [5.41, 5.74) is 3.29. The summed E-state index contributed by atoms with van der Waals surface area (Å²) in [5.74, 6) is 0.615. The first-order valence-corrected chi connectivity index (χ1v) is 6.16. The molecule has 0 atom stereocenters. The zero-order valence-corrected chi connectivity index (χ0v) is 10.7. The SMILES string of the molecule is COc1ncccc1NCc1cccc2[nH]ccc12.